The minimum atomic E-state index is -1.59. The molecular weight excluding hydrogens is 391 g/mol. The molecule has 25 heavy (non-hydrogen) atoms. The Morgan fingerprint density at radius 2 is 1.92 bits per heavy atom. The summed E-state index contributed by atoms with van der Waals surface area (Å²) in [6, 6.07) is 5.48. The summed E-state index contributed by atoms with van der Waals surface area (Å²) < 4.78 is 3.37. The molecule has 0 unspecified atom stereocenters. The van der Waals surface area contributed by atoms with E-state index in [1.807, 2.05) is 25.1 Å². The molecule has 9 heteroatoms. The van der Waals surface area contributed by atoms with Gasteiger partial charge in [-0.1, -0.05) is 59.9 Å². The Morgan fingerprint density at radius 3 is 2.36 bits per heavy atom. The second-order valence-electron chi connectivity index (χ2n) is 5.15. The second kappa shape index (κ2) is 11.4. The zero-order valence-corrected chi connectivity index (χ0v) is 16.6. The number of carbonyl (C=O) groups is 2. The summed E-state index contributed by atoms with van der Waals surface area (Å²) in [5, 5.41) is 10.8. The van der Waals surface area contributed by atoms with Crippen LogP contribution < -0.4 is 11.1 Å². The van der Waals surface area contributed by atoms with Crippen molar-refractivity contribution in [2.45, 2.75) is 37.0 Å². The van der Waals surface area contributed by atoms with Crippen molar-refractivity contribution in [2.24, 2.45) is 5.73 Å². The van der Waals surface area contributed by atoms with Crippen LogP contribution >= 0.6 is 34.8 Å². The van der Waals surface area contributed by atoms with Gasteiger partial charge in [0.1, 0.15) is 12.6 Å². The van der Waals surface area contributed by atoms with Crippen molar-refractivity contribution >= 4 is 52.4 Å². The fraction of sp³-hybridized carbons (Fsp3) is 0.500. The fourth-order valence-corrected chi connectivity index (χ4v) is 1.95. The molecule has 0 bridgehead atoms. The highest BCUT2D eigenvalue weighted by Crippen LogP contribution is 2.26. The van der Waals surface area contributed by atoms with Gasteiger partial charge >= 0.3 is 11.9 Å². The lowest BCUT2D eigenvalue weighted by atomic mass is 10.1. The number of carboxylic acid groups (broad SMARTS) is 1. The molecule has 142 valence electrons. The number of alkyl halides is 3. The topological polar surface area (TPSA) is 102 Å². The Kier molecular flexibility index (Phi) is 10.9. The highest BCUT2D eigenvalue weighted by molar-refractivity contribution is 6.67. The summed E-state index contributed by atoms with van der Waals surface area (Å²) in [5.74, 6) is -1.42. The number of nitrogens with one attached hydrogen (secondary N) is 1. The molecule has 0 radical (unpaired) electrons. The van der Waals surface area contributed by atoms with Crippen molar-refractivity contribution in [1.29, 1.82) is 0 Å². The van der Waals surface area contributed by atoms with Gasteiger partial charge in [-0.3, -0.25) is 4.79 Å². The number of halogens is 3. The third kappa shape index (κ3) is 10.4. The van der Waals surface area contributed by atoms with Crippen LogP contribution in [-0.4, -0.2) is 40.0 Å². The van der Waals surface area contributed by atoms with Gasteiger partial charge in [0.25, 0.3) is 0 Å². The van der Waals surface area contributed by atoms with Gasteiger partial charge < -0.3 is 20.9 Å². The maximum atomic E-state index is 11.8. The second-order valence-corrected chi connectivity index (χ2v) is 7.67. The largest absolute Gasteiger partial charge is 0.480 e. The lowest BCUT2D eigenvalue weighted by Gasteiger charge is -2.20. The van der Waals surface area contributed by atoms with Crippen molar-refractivity contribution in [2.75, 3.05) is 18.5 Å². The van der Waals surface area contributed by atoms with E-state index >= 15 is 0 Å². The van der Waals surface area contributed by atoms with Gasteiger partial charge in [-0.05, 0) is 31.4 Å². The lowest BCUT2D eigenvalue weighted by molar-refractivity contribution is -0.144. The molecule has 0 heterocycles. The summed E-state index contributed by atoms with van der Waals surface area (Å²) in [6.45, 7) is 5.22. The van der Waals surface area contributed by atoms with Crippen molar-refractivity contribution in [3.8, 4) is 0 Å². The first-order chi connectivity index (χ1) is 11.5. The van der Waals surface area contributed by atoms with Crippen molar-refractivity contribution in [3.05, 3.63) is 29.3 Å². The number of carboxylic acids is 1. The van der Waals surface area contributed by atoms with Crippen LogP contribution in [0.3, 0.4) is 0 Å². The molecule has 4 N–H and O–H groups in total. The zero-order chi connectivity index (χ0) is 19.6. The lowest BCUT2D eigenvalue weighted by Crippen LogP contribution is -2.31. The molecule has 1 aromatic carbocycles. The molecular formula is C16H23Cl3N2O4. The van der Waals surface area contributed by atoms with E-state index in [1.54, 1.807) is 6.92 Å². The van der Waals surface area contributed by atoms with E-state index in [1.165, 1.54) is 0 Å². The number of nitrogens with two attached hydrogens (primary N) is 1. The third-order valence-electron chi connectivity index (χ3n) is 3.01. The number of anilines is 1. The van der Waals surface area contributed by atoms with Crippen LogP contribution in [0.2, 0.25) is 0 Å². The molecule has 1 aromatic rings. The monoisotopic (exact) mass is 412 g/mol. The summed E-state index contributed by atoms with van der Waals surface area (Å²) in [4.78, 5) is 21.1. The molecule has 6 nitrogen and oxygen atoms in total. The smallest absolute Gasteiger partial charge is 0.328 e. The van der Waals surface area contributed by atoms with E-state index in [-0.39, 0.29) is 13.2 Å². The zero-order valence-electron chi connectivity index (χ0n) is 14.3. The number of aliphatic carboxylic acids is 1. The van der Waals surface area contributed by atoms with Gasteiger partial charge in [-0.25, -0.2) is 4.79 Å². The molecule has 0 aliphatic heterocycles. The molecule has 1 atom stereocenters. The molecule has 0 fully saturated rings. The summed E-state index contributed by atoms with van der Waals surface area (Å²) in [7, 11) is 0. The van der Waals surface area contributed by atoms with Gasteiger partial charge in [0.2, 0.25) is 3.79 Å². The Labute approximate surface area is 162 Å². The highest BCUT2D eigenvalue weighted by Gasteiger charge is 2.24. The summed E-state index contributed by atoms with van der Waals surface area (Å²) in [5.41, 5.74) is 7.74. The van der Waals surface area contributed by atoms with Gasteiger partial charge in [0, 0.05) is 5.69 Å². The molecule has 0 aromatic heterocycles. The van der Waals surface area contributed by atoms with E-state index < -0.39 is 21.8 Å². The number of esters is 1. The molecule has 0 aliphatic rings. The number of rotatable bonds is 6. The van der Waals surface area contributed by atoms with Crippen LogP contribution in [0.15, 0.2) is 18.2 Å². The van der Waals surface area contributed by atoms with Crippen LogP contribution in [-0.2, 0) is 20.7 Å². The van der Waals surface area contributed by atoms with E-state index in [2.05, 4.69) is 18.0 Å². The fourth-order valence-electron chi connectivity index (χ4n) is 1.78. The number of ether oxygens (including phenoxy) is 1. The average Bonchev–Trinajstić information content (AvgIpc) is 2.54. The third-order valence-corrected chi connectivity index (χ3v) is 3.33. The van der Waals surface area contributed by atoms with Gasteiger partial charge in [-0.2, -0.15) is 0 Å². The molecule has 0 saturated heterocycles. The Balaban J connectivity index is 0.00000101. The van der Waals surface area contributed by atoms with Crippen LogP contribution in [0.5, 0.6) is 0 Å². The average molecular weight is 414 g/mol. The van der Waals surface area contributed by atoms with E-state index in [0.29, 0.717) is 0 Å². The SMILES string of the molecule is CCc1cccc(C)c1N[C@@H](C)C(=O)OCC(Cl)(Cl)Cl.NCC(=O)O. The first-order valence-corrected chi connectivity index (χ1v) is 8.65. The number of benzene rings is 1. The molecule has 0 spiro atoms. The Bertz CT molecular complexity index is 577. The normalized spacial score (nSPS) is 11.8. The minimum absolute atomic E-state index is 0.267. The number of carbonyl (C=O) groups excluding carboxylic acids is 1. The first kappa shape index (κ1) is 23.8. The van der Waals surface area contributed by atoms with E-state index in [0.717, 1.165) is 23.2 Å². The van der Waals surface area contributed by atoms with Gasteiger partial charge in [0.15, 0.2) is 0 Å². The van der Waals surface area contributed by atoms with Crippen molar-refractivity contribution < 1.29 is 19.4 Å². The Hall–Kier alpha value is -1.21. The van der Waals surface area contributed by atoms with Crippen LogP contribution in [0.4, 0.5) is 5.69 Å². The van der Waals surface area contributed by atoms with Gasteiger partial charge in [-0.15, -0.1) is 0 Å². The standard InChI is InChI=1S/C14H18Cl3NO2.C2H5NO2/c1-4-11-7-5-6-9(2)12(11)18-10(3)13(19)20-8-14(15,16)17;3-1-2(4)5/h5-7,10,18H,4,8H2,1-3H3;1,3H2,(H,4,5)/t10-;/m0./s1. The molecule has 1 rings (SSSR count). The first-order valence-electron chi connectivity index (χ1n) is 7.52. The van der Waals surface area contributed by atoms with Crippen molar-refractivity contribution in [3.63, 3.8) is 0 Å². The molecule has 0 amide bonds. The quantitative estimate of drug-likeness (QED) is 0.488. The number of hydrogen-bond acceptors (Lipinski definition) is 5. The predicted molar refractivity (Wildman–Crippen MR) is 102 cm³/mol. The van der Waals surface area contributed by atoms with Crippen LogP contribution in [0.1, 0.15) is 25.0 Å². The molecule has 0 saturated carbocycles. The predicted octanol–water partition coefficient (Wildman–Crippen LogP) is 3.30. The maximum Gasteiger partial charge on any atom is 0.328 e. The summed E-state index contributed by atoms with van der Waals surface area (Å²) in [6.07, 6.45) is 0.875. The van der Waals surface area contributed by atoms with Gasteiger partial charge in [0.05, 0.1) is 6.54 Å². The number of para-hydroxylation sites is 1. The van der Waals surface area contributed by atoms with Crippen molar-refractivity contribution in [1.82, 2.24) is 0 Å². The van der Waals surface area contributed by atoms with Crippen LogP contribution in [0.25, 0.3) is 0 Å². The highest BCUT2D eigenvalue weighted by atomic mass is 35.6. The molecule has 0 aliphatic carbocycles. The van der Waals surface area contributed by atoms with Crippen LogP contribution in [0, 0.1) is 6.92 Å². The summed E-state index contributed by atoms with van der Waals surface area (Å²) >= 11 is 16.6. The number of aryl methyl sites for hydroxylation is 2. The maximum absolute atomic E-state index is 11.8. The Morgan fingerprint density at radius 1 is 1.36 bits per heavy atom. The number of hydrogen-bond donors (Lipinski definition) is 3. The van der Waals surface area contributed by atoms with E-state index in [9.17, 15) is 9.59 Å². The van der Waals surface area contributed by atoms with E-state index in [4.69, 9.17) is 44.6 Å². The minimum Gasteiger partial charge on any atom is -0.480 e.